The van der Waals surface area contributed by atoms with Gasteiger partial charge in [-0.2, -0.15) is 0 Å². The zero-order chi connectivity index (χ0) is 16.1. The lowest BCUT2D eigenvalue weighted by Gasteiger charge is -2.41. The van der Waals surface area contributed by atoms with Crippen LogP contribution < -0.4 is 0 Å². The Bertz CT molecular complexity index is 594. The van der Waals surface area contributed by atoms with E-state index in [-0.39, 0.29) is 5.25 Å². The molecule has 0 radical (unpaired) electrons. The third kappa shape index (κ3) is 3.97. The van der Waals surface area contributed by atoms with Crippen molar-refractivity contribution in [1.82, 2.24) is 0 Å². The molecule has 2 nitrogen and oxygen atoms in total. The van der Waals surface area contributed by atoms with E-state index >= 15 is 0 Å². The van der Waals surface area contributed by atoms with E-state index < -0.39 is 11.7 Å². The van der Waals surface area contributed by atoms with E-state index in [0.29, 0.717) is 0 Å². The normalized spacial score (nSPS) is 19.9. The van der Waals surface area contributed by atoms with Crippen LogP contribution >= 0.6 is 11.8 Å². The lowest BCUT2D eigenvalue weighted by atomic mass is 9.79. The van der Waals surface area contributed by atoms with Gasteiger partial charge in [0.15, 0.2) is 0 Å². The first-order chi connectivity index (χ1) is 11.2. The van der Waals surface area contributed by atoms with Gasteiger partial charge in [0, 0.05) is 4.90 Å². The Morgan fingerprint density at radius 1 is 0.826 bits per heavy atom. The zero-order valence-corrected chi connectivity index (χ0v) is 14.1. The molecule has 3 rings (SSSR count). The fraction of sp³-hybridized carbons (Fsp3) is 0.400. The molecule has 2 aromatic rings. The standard InChI is InChI=1S/C20H24O2S/c21-18(16-10-4-1-5-11-16)19(20(22)14-8-3-9-15-20)23-17-12-6-2-7-13-17/h1-2,4-7,10-13,18-19,21-22H,3,8-9,14-15H2. The molecule has 0 saturated heterocycles. The van der Waals surface area contributed by atoms with Crippen molar-refractivity contribution >= 4 is 11.8 Å². The molecule has 1 aliphatic carbocycles. The highest BCUT2D eigenvalue weighted by Gasteiger charge is 2.42. The van der Waals surface area contributed by atoms with Gasteiger partial charge in [-0.1, -0.05) is 67.8 Å². The molecule has 2 unspecified atom stereocenters. The van der Waals surface area contributed by atoms with Crippen molar-refractivity contribution < 1.29 is 10.2 Å². The van der Waals surface area contributed by atoms with Gasteiger partial charge in [0.1, 0.15) is 0 Å². The molecule has 23 heavy (non-hydrogen) atoms. The number of hydrogen-bond acceptors (Lipinski definition) is 3. The number of rotatable bonds is 5. The number of thioether (sulfide) groups is 1. The van der Waals surface area contributed by atoms with Crippen molar-refractivity contribution in [2.24, 2.45) is 0 Å². The Morgan fingerprint density at radius 3 is 2.00 bits per heavy atom. The van der Waals surface area contributed by atoms with Crippen molar-refractivity contribution in [3.8, 4) is 0 Å². The van der Waals surface area contributed by atoms with Crippen molar-refractivity contribution in [2.45, 2.75) is 54.0 Å². The summed E-state index contributed by atoms with van der Waals surface area (Å²) in [5.41, 5.74) is 0.0634. The predicted molar refractivity (Wildman–Crippen MR) is 95.5 cm³/mol. The minimum Gasteiger partial charge on any atom is -0.389 e. The summed E-state index contributed by atoms with van der Waals surface area (Å²) in [6.45, 7) is 0. The van der Waals surface area contributed by atoms with Gasteiger partial charge in [-0.15, -0.1) is 11.8 Å². The maximum absolute atomic E-state index is 11.2. The molecule has 0 aromatic heterocycles. The van der Waals surface area contributed by atoms with Crippen LogP contribution in [0.1, 0.15) is 43.8 Å². The quantitative estimate of drug-likeness (QED) is 0.790. The van der Waals surface area contributed by atoms with Crippen LogP contribution in [0.4, 0.5) is 0 Å². The largest absolute Gasteiger partial charge is 0.389 e. The molecule has 3 heteroatoms. The molecular weight excluding hydrogens is 304 g/mol. The highest BCUT2D eigenvalue weighted by atomic mass is 32.2. The molecule has 0 amide bonds. The average Bonchev–Trinajstić information content (AvgIpc) is 2.61. The molecule has 2 aromatic carbocycles. The van der Waals surface area contributed by atoms with Crippen molar-refractivity contribution in [1.29, 1.82) is 0 Å². The smallest absolute Gasteiger partial charge is 0.0940 e. The Hall–Kier alpha value is -1.29. The summed E-state index contributed by atoms with van der Waals surface area (Å²) in [4.78, 5) is 1.09. The maximum atomic E-state index is 11.2. The number of aliphatic hydroxyl groups is 2. The summed E-state index contributed by atoms with van der Waals surface area (Å²) in [7, 11) is 0. The second-order valence-corrected chi connectivity index (χ2v) is 7.59. The minimum atomic E-state index is -0.811. The van der Waals surface area contributed by atoms with Gasteiger partial charge < -0.3 is 10.2 Å². The van der Waals surface area contributed by atoms with Crippen LogP contribution in [0.3, 0.4) is 0 Å². The summed E-state index contributed by atoms with van der Waals surface area (Å²) >= 11 is 1.60. The van der Waals surface area contributed by atoms with Crippen LogP contribution in [-0.4, -0.2) is 21.1 Å². The number of benzene rings is 2. The van der Waals surface area contributed by atoms with Crippen LogP contribution in [0.15, 0.2) is 65.6 Å². The highest BCUT2D eigenvalue weighted by Crippen LogP contribution is 2.44. The SMILES string of the molecule is OC(c1ccccc1)C(Sc1ccccc1)C1(O)CCCCC1. The van der Waals surface area contributed by atoms with E-state index in [4.69, 9.17) is 0 Å². The summed E-state index contributed by atoms with van der Waals surface area (Å²) in [6, 6.07) is 19.8. The molecule has 0 heterocycles. The first-order valence-corrected chi connectivity index (χ1v) is 9.24. The molecule has 1 fully saturated rings. The zero-order valence-electron chi connectivity index (χ0n) is 13.3. The van der Waals surface area contributed by atoms with Crippen molar-refractivity contribution in [3.05, 3.63) is 66.2 Å². The molecule has 0 bridgehead atoms. The number of aliphatic hydroxyl groups excluding tert-OH is 1. The van der Waals surface area contributed by atoms with E-state index in [0.717, 1.165) is 36.1 Å². The van der Waals surface area contributed by atoms with Gasteiger partial charge in [-0.25, -0.2) is 0 Å². The van der Waals surface area contributed by atoms with Crippen LogP contribution in [-0.2, 0) is 0 Å². The van der Waals surface area contributed by atoms with E-state index in [9.17, 15) is 10.2 Å². The molecule has 1 saturated carbocycles. The monoisotopic (exact) mass is 328 g/mol. The fourth-order valence-corrected chi connectivity index (χ4v) is 4.74. The molecule has 1 aliphatic rings. The third-order valence-corrected chi connectivity index (χ3v) is 6.18. The lowest BCUT2D eigenvalue weighted by molar-refractivity contribution is -0.0308. The van der Waals surface area contributed by atoms with Gasteiger partial charge in [0.2, 0.25) is 0 Å². The van der Waals surface area contributed by atoms with Gasteiger partial charge in [-0.3, -0.25) is 0 Å². The Balaban J connectivity index is 1.89. The Morgan fingerprint density at radius 2 is 1.39 bits per heavy atom. The topological polar surface area (TPSA) is 40.5 Å². The van der Waals surface area contributed by atoms with Gasteiger partial charge in [0.05, 0.1) is 17.0 Å². The van der Waals surface area contributed by atoms with Crippen LogP contribution in [0, 0.1) is 0 Å². The summed E-state index contributed by atoms with van der Waals surface area (Å²) in [5, 5.41) is 22.0. The van der Waals surface area contributed by atoms with Gasteiger partial charge in [-0.05, 0) is 30.5 Å². The maximum Gasteiger partial charge on any atom is 0.0940 e. The summed E-state index contributed by atoms with van der Waals surface area (Å²) in [6.07, 6.45) is 4.09. The first-order valence-electron chi connectivity index (χ1n) is 8.36. The van der Waals surface area contributed by atoms with Gasteiger partial charge >= 0.3 is 0 Å². The van der Waals surface area contributed by atoms with Crippen LogP contribution in [0.25, 0.3) is 0 Å². The first kappa shape index (κ1) is 16.6. The molecule has 122 valence electrons. The second-order valence-electron chi connectivity index (χ2n) is 6.37. The van der Waals surface area contributed by atoms with E-state index in [1.54, 1.807) is 11.8 Å². The molecule has 2 N–H and O–H groups in total. The van der Waals surface area contributed by atoms with Crippen LogP contribution in [0.2, 0.25) is 0 Å². The molecule has 0 aliphatic heterocycles. The number of hydrogen-bond donors (Lipinski definition) is 2. The Labute approximate surface area is 142 Å². The van der Waals surface area contributed by atoms with Crippen LogP contribution in [0.5, 0.6) is 0 Å². The minimum absolute atomic E-state index is 0.257. The Kier molecular flexibility index (Phi) is 5.42. The summed E-state index contributed by atoms with van der Waals surface area (Å²) in [5.74, 6) is 0. The molecular formula is C20H24O2S. The molecule has 2 atom stereocenters. The third-order valence-electron chi connectivity index (χ3n) is 4.68. The van der Waals surface area contributed by atoms with Crippen molar-refractivity contribution in [3.63, 3.8) is 0 Å². The predicted octanol–water partition coefficient (Wildman–Crippen LogP) is 4.58. The van der Waals surface area contributed by atoms with E-state index in [1.165, 1.54) is 6.42 Å². The summed E-state index contributed by atoms with van der Waals surface area (Å²) < 4.78 is 0. The van der Waals surface area contributed by atoms with Crippen molar-refractivity contribution in [2.75, 3.05) is 0 Å². The van der Waals surface area contributed by atoms with Gasteiger partial charge in [0.25, 0.3) is 0 Å². The fourth-order valence-electron chi connectivity index (χ4n) is 3.39. The second kappa shape index (κ2) is 7.52. The molecule has 0 spiro atoms. The van der Waals surface area contributed by atoms with E-state index in [2.05, 4.69) is 0 Å². The lowest BCUT2D eigenvalue weighted by Crippen LogP contribution is -2.45. The average molecular weight is 328 g/mol. The highest BCUT2D eigenvalue weighted by molar-refractivity contribution is 8.00. The van der Waals surface area contributed by atoms with E-state index in [1.807, 2.05) is 60.7 Å².